The number of para-hydroxylation sites is 2. The monoisotopic (exact) mass is 642 g/mol. The van der Waals surface area contributed by atoms with Crippen molar-refractivity contribution in [2.75, 3.05) is 37.4 Å². The molecule has 2 aliphatic heterocycles. The number of aromatic nitrogens is 3. The first-order valence-corrected chi connectivity index (χ1v) is 16.2. The maximum atomic E-state index is 14.3. The van der Waals surface area contributed by atoms with Crippen molar-refractivity contribution < 1.29 is 23.5 Å². The summed E-state index contributed by atoms with van der Waals surface area (Å²) in [5, 5.41) is 11.4. The normalized spacial score (nSPS) is 16.0. The zero-order valence-electron chi connectivity index (χ0n) is 25.7. The highest BCUT2D eigenvalue weighted by atomic mass is 32.2. The second-order valence-electron chi connectivity index (χ2n) is 11.1. The summed E-state index contributed by atoms with van der Waals surface area (Å²) in [4.78, 5) is 33.1. The van der Waals surface area contributed by atoms with Crippen molar-refractivity contribution in [3.05, 3.63) is 101 Å². The highest BCUT2D eigenvalue weighted by Gasteiger charge is 2.35. The molecule has 46 heavy (non-hydrogen) atoms. The average molecular weight is 643 g/mol. The van der Waals surface area contributed by atoms with Gasteiger partial charge in [-0.1, -0.05) is 54.2 Å². The number of benzene rings is 3. The van der Waals surface area contributed by atoms with Crippen LogP contribution in [0.3, 0.4) is 0 Å². The van der Waals surface area contributed by atoms with Crippen LogP contribution in [0.1, 0.15) is 43.4 Å². The first-order chi connectivity index (χ1) is 22.4. The smallest absolute Gasteiger partial charge is 0.260 e. The zero-order valence-corrected chi connectivity index (χ0v) is 26.5. The van der Waals surface area contributed by atoms with E-state index in [1.54, 1.807) is 54.3 Å². The number of ether oxygens (including phenoxy) is 2. The van der Waals surface area contributed by atoms with E-state index in [2.05, 4.69) is 15.6 Å². The molecule has 1 aromatic heterocycles. The fourth-order valence-electron chi connectivity index (χ4n) is 5.62. The van der Waals surface area contributed by atoms with Crippen molar-refractivity contribution in [1.82, 2.24) is 19.7 Å². The SMILES string of the molecule is COc1ccccc1NC(=O)C1=C(C)Nc2nc(SCc3ccccc3F)nn2C1c1ccc(OCC(=O)N2CCCCC2)cc1. The van der Waals surface area contributed by atoms with Gasteiger partial charge < -0.3 is 25.0 Å². The van der Waals surface area contributed by atoms with Crippen molar-refractivity contribution >= 4 is 35.2 Å². The first-order valence-electron chi connectivity index (χ1n) is 15.2. The van der Waals surface area contributed by atoms with E-state index in [4.69, 9.17) is 14.6 Å². The molecule has 3 aromatic carbocycles. The van der Waals surface area contributed by atoms with Gasteiger partial charge in [0.25, 0.3) is 11.8 Å². The van der Waals surface area contributed by atoms with Crippen LogP contribution in [0.15, 0.2) is 89.2 Å². The van der Waals surface area contributed by atoms with Crippen molar-refractivity contribution in [3.8, 4) is 11.5 Å². The number of allylic oxidation sites excluding steroid dienone is 1. The number of halogens is 1. The predicted molar refractivity (Wildman–Crippen MR) is 174 cm³/mol. The molecule has 3 heterocycles. The molecule has 10 nitrogen and oxygen atoms in total. The highest BCUT2D eigenvalue weighted by Crippen LogP contribution is 2.38. The van der Waals surface area contributed by atoms with Gasteiger partial charge in [0.1, 0.15) is 23.4 Å². The molecule has 2 amide bonds. The average Bonchev–Trinajstić information content (AvgIpc) is 3.49. The van der Waals surface area contributed by atoms with Gasteiger partial charge in [-0.05, 0) is 67.6 Å². The number of carbonyl (C=O) groups is 2. The Hall–Kier alpha value is -4.84. The first kappa shape index (κ1) is 31.2. The van der Waals surface area contributed by atoms with Crippen LogP contribution < -0.4 is 20.1 Å². The molecular weight excluding hydrogens is 607 g/mol. The number of piperidine rings is 1. The molecule has 2 aliphatic rings. The molecule has 0 bridgehead atoms. The quantitative estimate of drug-likeness (QED) is 0.202. The molecule has 1 fully saturated rings. The number of nitrogens with one attached hydrogen (secondary N) is 2. The number of fused-ring (bicyclic) bond motifs is 1. The van der Waals surface area contributed by atoms with Crippen molar-refractivity contribution in [2.24, 2.45) is 0 Å². The molecule has 12 heteroatoms. The third-order valence-electron chi connectivity index (χ3n) is 8.01. The van der Waals surface area contributed by atoms with E-state index in [1.807, 2.05) is 36.1 Å². The molecular formula is C34H35FN6O4S. The van der Waals surface area contributed by atoms with Crippen molar-refractivity contribution in [1.29, 1.82) is 0 Å². The van der Waals surface area contributed by atoms with Crippen LogP contribution in [0.4, 0.5) is 16.0 Å². The molecule has 1 unspecified atom stereocenters. The van der Waals surface area contributed by atoms with Crippen LogP contribution in [0.25, 0.3) is 0 Å². The van der Waals surface area contributed by atoms with Gasteiger partial charge in [0, 0.05) is 24.5 Å². The number of rotatable bonds is 10. The Morgan fingerprint density at radius 1 is 1.02 bits per heavy atom. The number of thioether (sulfide) groups is 1. The van der Waals surface area contributed by atoms with Gasteiger partial charge in [0.05, 0.1) is 18.4 Å². The Bertz CT molecular complexity index is 1750. The van der Waals surface area contributed by atoms with Crippen LogP contribution in [0.2, 0.25) is 0 Å². The van der Waals surface area contributed by atoms with Gasteiger partial charge in [0.15, 0.2) is 6.61 Å². The predicted octanol–water partition coefficient (Wildman–Crippen LogP) is 6.04. The number of nitrogens with zero attached hydrogens (tertiary/aromatic N) is 4. The Kier molecular flexibility index (Phi) is 9.53. The Morgan fingerprint density at radius 2 is 1.76 bits per heavy atom. The molecule has 0 saturated carbocycles. The Morgan fingerprint density at radius 3 is 2.52 bits per heavy atom. The molecule has 238 valence electrons. The van der Waals surface area contributed by atoms with Crippen LogP contribution in [-0.4, -0.2) is 58.3 Å². The van der Waals surface area contributed by atoms with Crippen molar-refractivity contribution in [3.63, 3.8) is 0 Å². The summed E-state index contributed by atoms with van der Waals surface area (Å²) in [6.45, 7) is 3.32. The van der Waals surface area contributed by atoms with Crippen molar-refractivity contribution in [2.45, 2.75) is 43.1 Å². The number of hydrogen-bond acceptors (Lipinski definition) is 8. The number of amides is 2. The van der Waals surface area contributed by atoms with Crippen LogP contribution in [0.5, 0.6) is 11.5 Å². The molecule has 4 aromatic rings. The topological polar surface area (TPSA) is 111 Å². The van der Waals surface area contributed by atoms with E-state index >= 15 is 0 Å². The van der Waals surface area contributed by atoms with E-state index in [1.165, 1.54) is 17.8 Å². The van der Waals surface area contributed by atoms with E-state index in [9.17, 15) is 14.0 Å². The lowest BCUT2D eigenvalue weighted by atomic mass is 9.95. The maximum absolute atomic E-state index is 14.3. The fraction of sp³-hybridized carbons (Fsp3) is 0.294. The van der Waals surface area contributed by atoms with E-state index < -0.39 is 6.04 Å². The number of carbonyl (C=O) groups excluding carboxylic acids is 2. The third kappa shape index (κ3) is 6.86. The highest BCUT2D eigenvalue weighted by molar-refractivity contribution is 7.98. The van der Waals surface area contributed by atoms with Crippen LogP contribution in [-0.2, 0) is 15.3 Å². The third-order valence-corrected chi connectivity index (χ3v) is 8.90. The van der Waals surface area contributed by atoms with Gasteiger partial charge in [0.2, 0.25) is 11.1 Å². The summed E-state index contributed by atoms with van der Waals surface area (Å²) >= 11 is 1.31. The van der Waals surface area contributed by atoms with E-state index in [-0.39, 0.29) is 24.2 Å². The lowest BCUT2D eigenvalue weighted by Crippen LogP contribution is -2.38. The maximum Gasteiger partial charge on any atom is 0.260 e. The largest absolute Gasteiger partial charge is 0.495 e. The standard InChI is InChI=1S/C34H35FN6O4S/c1-22-30(32(43)37-27-12-6-7-13-28(27)44-2)31(23-14-16-25(17-15-23)45-20-29(42)40-18-8-3-9-19-40)41-33(36-22)38-34(39-41)46-21-24-10-4-5-11-26(24)35/h4-7,10-17,31H,3,8-9,18-21H2,1-2H3,(H,37,43)(H,36,38,39). The van der Waals surface area contributed by atoms with E-state index in [0.29, 0.717) is 50.9 Å². The number of hydrogen-bond donors (Lipinski definition) is 2. The molecule has 0 spiro atoms. The minimum atomic E-state index is -0.648. The van der Waals surface area contributed by atoms with Gasteiger partial charge in [-0.2, -0.15) is 4.98 Å². The van der Waals surface area contributed by atoms with Crippen LogP contribution >= 0.6 is 11.8 Å². The lowest BCUT2D eigenvalue weighted by Gasteiger charge is -2.29. The van der Waals surface area contributed by atoms with Gasteiger partial charge in [-0.15, -0.1) is 5.10 Å². The molecule has 6 rings (SSSR count). The number of likely N-dealkylation sites (tertiary alicyclic amines) is 1. The number of methoxy groups -OCH3 is 1. The number of anilines is 2. The molecule has 1 atom stereocenters. The van der Waals surface area contributed by atoms with Crippen LogP contribution in [0, 0.1) is 5.82 Å². The molecule has 0 aliphatic carbocycles. The van der Waals surface area contributed by atoms with Gasteiger partial charge in [-0.25, -0.2) is 9.07 Å². The summed E-state index contributed by atoms with van der Waals surface area (Å²) in [5.74, 6) is 1.23. The van der Waals surface area contributed by atoms with Gasteiger partial charge in [-0.3, -0.25) is 9.59 Å². The fourth-order valence-corrected chi connectivity index (χ4v) is 6.43. The second kappa shape index (κ2) is 14.1. The summed E-state index contributed by atoms with van der Waals surface area (Å²) < 4.78 is 27.3. The molecule has 2 N–H and O–H groups in total. The Labute approximate surface area is 271 Å². The van der Waals surface area contributed by atoms with Gasteiger partial charge >= 0.3 is 0 Å². The minimum absolute atomic E-state index is 0.0244. The summed E-state index contributed by atoms with van der Waals surface area (Å²) in [5.41, 5.74) is 2.88. The summed E-state index contributed by atoms with van der Waals surface area (Å²) in [6.07, 6.45) is 3.18. The Balaban J connectivity index is 1.27. The second-order valence-corrected chi connectivity index (χ2v) is 12.0. The minimum Gasteiger partial charge on any atom is -0.495 e. The summed E-state index contributed by atoms with van der Waals surface area (Å²) in [7, 11) is 1.55. The van der Waals surface area contributed by atoms with E-state index in [0.717, 1.165) is 37.9 Å². The zero-order chi connectivity index (χ0) is 32.0. The lowest BCUT2D eigenvalue weighted by molar-refractivity contribution is -0.134. The summed E-state index contributed by atoms with van der Waals surface area (Å²) in [6, 6.07) is 20.4. The molecule has 0 radical (unpaired) electrons. The molecule has 1 saturated heterocycles.